The summed E-state index contributed by atoms with van der Waals surface area (Å²) in [5, 5.41) is 4.78. The fourth-order valence-electron chi connectivity index (χ4n) is 3.45. The minimum absolute atomic E-state index is 0.0404. The lowest BCUT2D eigenvalue weighted by molar-refractivity contribution is 0.0402. The second-order valence-corrected chi connectivity index (χ2v) is 7.51. The molecule has 0 bridgehead atoms. The van der Waals surface area contributed by atoms with Gasteiger partial charge in [-0.25, -0.2) is 4.39 Å². The molecule has 0 aromatic heterocycles. The van der Waals surface area contributed by atoms with Gasteiger partial charge < -0.3 is 9.74 Å². The first-order valence-corrected chi connectivity index (χ1v) is 10.0. The number of halogens is 2. The van der Waals surface area contributed by atoms with Gasteiger partial charge in [-0.15, -0.1) is 0 Å². The van der Waals surface area contributed by atoms with Crippen LogP contribution in [0.1, 0.15) is 27.9 Å². The van der Waals surface area contributed by atoms with Crippen LogP contribution in [-0.2, 0) is 11.4 Å². The summed E-state index contributed by atoms with van der Waals surface area (Å²) >= 11 is 6.27. The first kappa shape index (κ1) is 20.1. The zero-order valence-corrected chi connectivity index (χ0v) is 16.9. The predicted octanol–water partition coefficient (Wildman–Crippen LogP) is 5.31. The smallest absolute Gasteiger partial charge is 0.257 e. The van der Waals surface area contributed by atoms with Crippen molar-refractivity contribution >= 4 is 23.2 Å². The Labute approximate surface area is 179 Å². The van der Waals surface area contributed by atoms with E-state index < -0.39 is 5.82 Å². The number of rotatable bonds is 6. The highest BCUT2D eigenvalue weighted by Crippen LogP contribution is 2.24. The van der Waals surface area contributed by atoms with Gasteiger partial charge >= 0.3 is 0 Å². The molecular weight excluding hydrogens is 403 g/mol. The Morgan fingerprint density at radius 2 is 1.73 bits per heavy atom. The molecule has 3 aromatic rings. The fraction of sp³-hybridized carbons (Fsp3) is 0.167. The van der Waals surface area contributed by atoms with Gasteiger partial charge in [0.1, 0.15) is 5.82 Å². The number of benzene rings is 3. The van der Waals surface area contributed by atoms with Gasteiger partial charge in [0.25, 0.3) is 5.91 Å². The van der Waals surface area contributed by atoms with E-state index in [0.29, 0.717) is 18.0 Å². The van der Waals surface area contributed by atoms with Gasteiger partial charge in [-0.3, -0.25) is 4.79 Å². The van der Waals surface area contributed by atoms with Crippen LogP contribution in [0.15, 0.2) is 84.0 Å². The number of carbonyl (C=O) groups is 1. The Morgan fingerprint density at radius 1 is 1.03 bits per heavy atom. The Morgan fingerprint density at radius 3 is 2.50 bits per heavy atom. The van der Waals surface area contributed by atoms with E-state index in [1.807, 2.05) is 48.5 Å². The van der Waals surface area contributed by atoms with Crippen molar-refractivity contribution in [1.29, 1.82) is 0 Å². The van der Waals surface area contributed by atoms with E-state index in [4.69, 9.17) is 16.4 Å². The van der Waals surface area contributed by atoms with Crippen LogP contribution in [0.4, 0.5) is 4.39 Å². The van der Waals surface area contributed by atoms with Crippen LogP contribution in [0.5, 0.6) is 0 Å². The number of amides is 1. The van der Waals surface area contributed by atoms with E-state index in [1.165, 1.54) is 12.1 Å². The quantitative estimate of drug-likeness (QED) is 0.540. The second-order valence-electron chi connectivity index (χ2n) is 7.10. The lowest BCUT2D eigenvalue weighted by Crippen LogP contribution is -2.37. The lowest BCUT2D eigenvalue weighted by atomic mass is 10.0. The van der Waals surface area contributed by atoms with Crippen molar-refractivity contribution < 1.29 is 14.0 Å². The number of hydrogen-bond acceptors (Lipinski definition) is 3. The molecule has 1 aliphatic heterocycles. The van der Waals surface area contributed by atoms with Crippen LogP contribution in [0.3, 0.4) is 0 Å². The van der Waals surface area contributed by atoms with Crippen molar-refractivity contribution in [3.8, 4) is 0 Å². The Balaban J connectivity index is 1.53. The molecular formula is C24H20ClFN2O2. The van der Waals surface area contributed by atoms with Gasteiger partial charge in [0.15, 0.2) is 6.10 Å². The van der Waals surface area contributed by atoms with E-state index in [-0.39, 0.29) is 24.1 Å². The van der Waals surface area contributed by atoms with E-state index in [9.17, 15) is 9.18 Å². The highest BCUT2D eigenvalue weighted by Gasteiger charge is 2.29. The topological polar surface area (TPSA) is 41.9 Å². The monoisotopic (exact) mass is 422 g/mol. The molecule has 0 N–H and O–H groups in total. The summed E-state index contributed by atoms with van der Waals surface area (Å²) < 4.78 is 14.3. The number of oxime groups is 1. The first-order valence-electron chi connectivity index (χ1n) is 9.67. The van der Waals surface area contributed by atoms with Gasteiger partial charge in [0.2, 0.25) is 0 Å². The number of hydrogen-bond donors (Lipinski definition) is 0. The normalized spacial score (nSPS) is 15.4. The standard InChI is InChI=1S/C24H20ClFN2O2/c25-21-12-6-4-10-19(21)23-14-18(30-27-23)16-28(15-17-8-2-1-3-9-17)24(29)20-11-5-7-13-22(20)26/h1-13,18H,14-16H2. The molecule has 0 spiro atoms. The van der Waals surface area contributed by atoms with Gasteiger partial charge in [-0.2, -0.15) is 0 Å². The highest BCUT2D eigenvalue weighted by molar-refractivity contribution is 6.34. The Kier molecular flexibility index (Phi) is 6.10. The summed E-state index contributed by atoms with van der Waals surface area (Å²) in [5.41, 5.74) is 2.55. The van der Waals surface area contributed by atoms with Crippen molar-refractivity contribution in [2.24, 2.45) is 5.16 Å². The third-order valence-electron chi connectivity index (χ3n) is 4.95. The number of nitrogens with zero attached hydrogens (tertiary/aromatic N) is 2. The van der Waals surface area contributed by atoms with Crippen LogP contribution in [0.25, 0.3) is 0 Å². The van der Waals surface area contributed by atoms with Crippen LogP contribution in [0, 0.1) is 5.82 Å². The number of carbonyl (C=O) groups excluding carboxylic acids is 1. The van der Waals surface area contributed by atoms with Crippen LogP contribution in [0.2, 0.25) is 5.02 Å². The summed E-state index contributed by atoms with van der Waals surface area (Å²) in [4.78, 5) is 20.3. The van der Waals surface area contributed by atoms with Crippen molar-refractivity contribution in [2.45, 2.75) is 19.1 Å². The molecule has 3 aromatic carbocycles. The molecule has 4 rings (SSSR count). The molecule has 1 unspecified atom stereocenters. The molecule has 30 heavy (non-hydrogen) atoms. The molecule has 6 heteroatoms. The Bertz CT molecular complexity index is 1070. The maximum absolute atomic E-state index is 14.3. The molecule has 4 nitrogen and oxygen atoms in total. The zero-order chi connectivity index (χ0) is 20.9. The summed E-state index contributed by atoms with van der Waals surface area (Å²) in [5.74, 6) is -0.923. The molecule has 1 amide bonds. The molecule has 0 aliphatic carbocycles. The summed E-state index contributed by atoms with van der Waals surface area (Å²) in [6, 6.07) is 23.0. The summed E-state index contributed by atoms with van der Waals surface area (Å²) in [6.07, 6.45) is 0.176. The molecule has 0 fully saturated rings. The van der Waals surface area contributed by atoms with Crippen LogP contribution >= 0.6 is 11.6 Å². The summed E-state index contributed by atoms with van der Waals surface area (Å²) in [7, 11) is 0. The minimum atomic E-state index is -0.541. The van der Waals surface area contributed by atoms with Gasteiger partial charge in [-0.1, -0.05) is 77.4 Å². The van der Waals surface area contributed by atoms with Crippen molar-refractivity contribution in [2.75, 3.05) is 6.54 Å². The average molecular weight is 423 g/mol. The SMILES string of the molecule is O=C(c1ccccc1F)N(Cc1ccccc1)CC1CC(c2ccccc2Cl)=NO1. The predicted molar refractivity (Wildman–Crippen MR) is 115 cm³/mol. The van der Waals surface area contributed by atoms with E-state index in [1.54, 1.807) is 23.1 Å². The van der Waals surface area contributed by atoms with Gasteiger partial charge in [0, 0.05) is 23.6 Å². The van der Waals surface area contributed by atoms with Crippen molar-refractivity contribution in [3.05, 3.63) is 106 Å². The average Bonchev–Trinajstić information content (AvgIpc) is 3.22. The molecule has 0 saturated heterocycles. The van der Waals surface area contributed by atoms with Gasteiger partial charge in [-0.05, 0) is 23.8 Å². The summed E-state index contributed by atoms with van der Waals surface area (Å²) in [6.45, 7) is 0.620. The Hall–Kier alpha value is -3.18. The third-order valence-corrected chi connectivity index (χ3v) is 5.28. The van der Waals surface area contributed by atoms with E-state index in [0.717, 1.165) is 16.8 Å². The largest absolute Gasteiger partial charge is 0.390 e. The van der Waals surface area contributed by atoms with Crippen LogP contribution < -0.4 is 0 Å². The van der Waals surface area contributed by atoms with E-state index >= 15 is 0 Å². The maximum atomic E-state index is 14.3. The second kappa shape index (κ2) is 9.09. The molecule has 1 aliphatic rings. The molecule has 0 radical (unpaired) electrons. The van der Waals surface area contributed by atoms with Crippen LogP contribution in [-0.4, -0.2) is 29.2 Å². The maximum Gasteiger partial charge on any atom is 0.257 e. The van der Waals surface area contributed by atoms with Gasteiger partial charge in [0.05, 0.1) is 17.8 Å². The fourth-order valence-corrected chi connectivity index (χ4v) is 3.70. The van der Waals surface area contributed by atoms with Crippen molar-refractivity contribution in [3.63, 3.8) is 0 Å². The minimum Gasteiger partial charge on any atom is -0.390 e. The molecule has 1 heterocycles. The zero-order valence-electron chi connectivity index (χ0n) is 16.2. The molecule has 1 atom stereocenters. The lowest BCUT2D eigenvalue weighted by Gasteiger charge is -2.25. The van der Waals surface area contributed by atoms with Crippen molar-refractivity contribution in [1.82, 2.24) is 4.90 Å². The highest BCUT2D eigenvalue weighted by atomic mass is 35.5. The first-order chi connectivity index (χ1) is 14.6. The van der Waals surface area contributed by atoms with E-state index in [2.05, 4.69) is 5.16 Å². The molecule has 0 saturated carbocycles. The molecule has 152 valence electrons. The third kappa shape index (κ3) is 4.52.